The third kappa shape index (κ3) is 2.15. The highest BCUT2D eigenvalue weighted by molar-refractivity contribution is 5.63. The number of benzene rings is 1. The SMILES string of the molecule is COCC1(c2ccccc2-c2noc(CN)n2)CC1. The molecule has 1 saturated carbocycles. The van der Waals surface area contributed by atoms with E-state index in [1.165, 1.54) is 5.56 Å². The highest BCUT2D eigenvalue weighted by atomic mass is 16.5. The molecule has 19 heavy (non-hydrogen) atoms. The van der Waals surface area contributed by atoms with Crippen molar-refractivity contribution in [3.8, 4) is 11.4 Å². The molecular weight excluding hydrogens is 242 g/mol. The predicted octanol–water partition coefficient (Wildman–Crippen LogP) is 1.87. The van der Waals surface area contributed by atoms with Gasteiger partial charge in [0.2, 0.25) is 11.7 Å². The van der Waals surface area contributed by atoms with Crippen molar-refractivity contribution in [2.75, 3.05) is 13.7 Å². The van der Waals surface area contributed by atoms with Gasteiger partial charge in [0.05, 0.1) is 13.2 Å². The zero-order chi connectivity index (χ0) is 13.3. The van der Waals surface area contributed by atoms with E-state index in [1.807, 2.05) is 18.2 Å². The summed E-state index contributed by atoms with van der Waals surface area (Å²) in [5.41, 5.74) is 7.88. The Hall–Kier alpha value is -1.72. The molecular formula is C14H17N3O2. The highest BCUT2D eigenvalue weighted by Crippen LogP contribution is 2.50. The Morgan fingerprint density at radius 3 is 2.79 bits per heavy atom. The number of methoxy groups -OCH3 is 1. The summed E-state index contributed by atoms with van der Waals surface area (Å²) in [7, 11) is 1.74. The van der Waals surface area contributed by atoms with Crippen molar-refractivity contribution in [1.82, 2.24) is 10.1 Å². The number of nitrogens with two attached hydrogens (primary N) is 1. The van der Waals surface area contributed by atoms with Gasteiger partial charge in [0.1, 0.15) is 0 Å². The average Bonchev–Trinajstić information content (AvgIpc) is 3.07. The molecule has 5 heteroatoms. The van der Waals surface area contributed by atoms with Crippen molar-refractivity contribution in [2.24, 2.45) is 5.73 Å². The molecule has 0 unspecified atom stereocenters. The van der Waals surface area contributed by atoms with Gasteiger partial charge < -0.3 is 15.0 Å². The molecule has 0 radical (unpaired) electrons. The Balaban J connectivity index is 2.02. The maximum Gasteiger partial charge on any atom is 0.240 e. The number of rotatable bonds is 5. The molecule has 1 fully saturated rings. The van der Waals surface area contributed by atoms with Crippen LogP contribution in [0.5, 0.6) is 0 Å². The summed E-state index contributed by atoms with van der Waals surface area (Å²) in [4.78, 5) is 4.32. The molecule has 2 aromatic rings. The van der Waals surface area contributed by atoms with E-state index in [1.54, 1.807) is 7.11 Å². The standard InChI is InChI=1S/C14H17N3O2/c1-18-9-14(6-7-14)11-5-3-2-4-10(11)13-16-12(8-15)19-17-13/h2-5H,6-9,15H2,1H3. The van der Waals surface area contributed by atoms with E-state index in [9.17, 15) is 0 Å². The molecule has 0 amide bonds. The molecule has 1 aromatic heterocycles. The summed E-state index contributed by atoms with van der Waals surface area (Å²) in [5.74, 6) is 1.07. The number of nitrogens with zero attached hydrogens (tertiary/aromatic N) is 2. The number of ether oxygens (including phenoxy) is 1. The first-order chi connectivity index (χ1) is 9.29. The van der Waals surface area contributed by atoms with Crippen LogP contribution >= 0.6 is 0 Å². The monoisotopic (exact) mass is 259 g/mol. The molecule has 5 nitrogen and oxygen atoms in total. The van der Waals surface area contributed by atoms with E-state index in [0.717, 1.165) is 25.0 Å². The topological polar surface area (TPSA) is 74.2 Å². The van der Waals surface area contributed by atoms with Crippen LogP contribution in [0.4, 0.5) is 0 Å². The lowest BCUT2D eigenvalue weighted by molar-refractivity contribution is 0.171. The van der Waals surface area contributed by atoms with Gasteiger partial charge in [-0.2, -0.15) is 4.98 Å². The van der Waals surface area contributed by atoms with Crippen molar-refractivity contribution in [3.63, 3.8) is 0 Å². The van der Waals surface area contributed by atoms with Crippen LogP contribution in [0, 0.1) is 0 Å². The smallest absolute Gasteiger partial charge is 0.240 e. The van der Waals surface area contributed by atoms with E-state index in [4.69, 9.17) is 15.0 Å². The van der Waals surface area contributed by atoms with Crippen molar-refractivity contribution in [1.29, 1.82) is 0 Å². The average molecular weight is 259 g/mol. The molecule has 0 saturated heterocycles. The second kappa shape index (κ2) is 4.75. The molecule has 0 spiro atoms. The normalized spacial score (nSPS) is 16.5. The lowest BCUT2D eigenvalue weighted by Crippen LogP contribution is -2.15. The van der Waals surface area contributed by atoms with Crippen molar-refractivity contribution >= 4 is 0 Å². The van der Waals surface area contributed by atoms with E-state index in [0.29, 0.717) is 11.7 Å². The Kier molecular flexibility index (Phi) is 3.08. The fourth-order valence-electron chi connectivity index (χ4n) is 2.51. The fraction of sp³-hybridized carbons (Fsp3) is 0.429. The van der Waals surface area contributed by atoms with Gasteiger partial charge in [0.25, 0.3) is 0 Å². The van der Waals surface area contributed by atoms with Crippen LogP contribution in [0.3, 0.4) is 0 Å². The minimum absolute atomic E-state index is 0.120. The van der Waals surface area contributed by atoms with Gasteiger partial charge in [-0.1, -0.05) is 29.4 Å². The summed E-state index contributed by atoms with van der Waals surface area (Å²) in [6, 6.07) is 8.18. The van der Waals surface area contributed by atoms with Gasteiger partial charge in [-0.15, -0.1) is 0 Å². The van der Waals surface area contributed by atoms with E-state index in [2.05, 4.69) is 16.2 Å². The lowest BCUT2D eigenvalue weighted by Gasteiger charge is -2.17. The van der Waals surface area contributed by atoms with Gasteiger partial charge in [-0.3, -0.25) is 0 Å². The number of aromatic nitrogens is 2. The summed E-state index contributed by atoms with van der Waals surface area (Å²) >= 11 is 0. The van der Waals surface area contributed by atoms with Crippen LogP contribution in [-0.4, -0.2) is 23.9 Å². The molecule has 2 N–H and O–H groups in total. The fourth-order valence-corrected chi connectivity index (χ4v) is 2.51. The molecule has 1 aromatic carbocycles. The summed E-state index contributed by atoms with van der Waals surface area (Å²) in [5, 5.41) is 4.01. The zero-order valence-electron chi connectivity index (χ0n) is 10.9. The van der Waals surface area contributed by atoms with Crippen LogP contribution in [0.2, 0.25) is 0 Å². The number of hydrogen-bond acceptors (Lipinski definition) is 5. The maximum absolute atomic E-state index is 5.51. The van der Waals surface area contributed by atoms with Crippen molar-refractivity contribution < 1.29 is 9.26 Å². The number of hydrogen-bond donors (Lipinski definition) is 1. The van der Waals surface area contributed by atoms with Gasteiger partial charge in [0.15, 0.2) is 0 Å². The quantitative estimate of drug-likeness (QED) is 0.887. The molecule has 1 heterocycles. The van der Waals surface area contributed by atoms with Gasteiger partial charge in [0, 0.05) is 18.1 Å². The minimum atomic E-state index is 0.120. The lowest BCUT2D eigenvalue weighted by atomic mass is 9.91. The van der Waals surface area contributed by atoms with Crippen LogP contribution in [0.1, 0.15) is 24.3 Å². The van der Waals surface area contributed by atoms with Crippen LogP contribution in [0.15, 0.2) is 28.8 Å². The van der Waals surface area contributed by atoms with E-state index < -0.39 is 0 Å². The Morgan fingerprint density at radius 2 is 2.16 bits per heavy atom. The largest absolute Gasteiger partial charge is 0.384 e. The molecule has 1 aliphatic carbocycles. The third-order valence-electron chi connectivity index (χ3n) is 3.66. The summed E-state index contributed by atoms with van der Waals surface area (Å²) in [6.07, 6.45) is 2.28. The highest BCUT2D eigenvalue weighted by Gasteiger charge is 2.46. The molecule has 0 atom stereocenters. The van der Waals surface area contributed by atoms with Gasteiger partial charge in [-0.05, 0) is 18.4 Å². The Labute approximate surface area is 111 Å². The Bertz CT molecular complexity index is 576. The van der Waals surface area contributed by atoms with Gasteiger partial charge in [-0.25, -0.2) is 0 Å². The predicted molar refractivity (Wildman–Crippen MR) is 70.4 cm³/mol. The third-order valence-corrected chi connectivity index (χ3v) is 3.66. The first kappa shape index (κ1) is 12.3. The molecule has 100 valence electrons. The van der Waals surface area contributed by atoms with Gasteiger partial charge >= 0.3 is 0 Å². The van der Waals surface area contributed by atoms with E-state index in [-0.39, 0.29) is 12.0 Å². The maximum atomic E-state index is 5.51. The molecule has 3 rings (SSSR count). The zero-order valence-corrected chi connectivity index (χ0v) is 10.9. The van der Waals surface area contributed by atoms with Crippen molar-refractivity contribution in [2.45, 2.75) is 24.8 Å². The summed E-state index contributed by atoms with van der Waals surface area (Å²) < 4.78 is 10.5. The molecule has 0 bridgehead atoms. The summed E-state index contributed by atoms with van der Waals surface area (Å²) in [6.45, 7) is 0.990. The molecule has 1 aliphatic rings. The minimum Gasteiger partial charge on any atom is -0.384 e. The van der Waals surface area contributed by atoms with Crippen LogP contribution in [0.25, 0.3) is 11.4 Å². The first-order valence-corrected chi connectivity index (χ1v) is 6.40. The molecule has 0 aliphatic heterocycles. The first-order valence-electron chi connectivity index (χ1n) is 6.40. The van der Waals surface area contributed by atoms with E-state index >= 15 is 0 Å². The van der Waals surface area contributed by atoms with Crippen molar-refractivity contribution in [3.05, 3.63) is 35.7 Å². The Morgan fingerprint density at radius 1 is 1.37 bits per heavy atom. The van der Waals surface area contributed by atoms with Crippen LogP contribution < -0.4 is 5.73 Å². The second-order valence-electron chi connectivity index (χ2n) is 4.97. The van der Waals surface area contributed by atoms with Crippen LogP contribution in [-0.2, 0) is 16.7 Å². The second-order valence-corrected chi connectivity index (χ2v) is 4.97.